The van der Waals surface area contributed by atoms with E-state index in [4.69, 9.17) is 15.4 Å². The van der Waals surface area contributed by atoms with E-state index in [-0.39, 0.29) is 4.90 Å². The molecule has 21 heavy (non-hydrogen) atoms. The zero-order valence-electron chi connectivity index (χ0n) is 12.0. The second kappa shape index (κ2) is 6.50. The summed E-state index contributed by atoms with van der Waals surface area (Å²) in [5.41, 5.74) is 1.83. The van der Waals surface area contributed by atoms with Gasteiger partial charge in [0.2, 0.25) is 0 Å². The zero-order valence-corrected chi connectivity index (χ0v) is 13.5. The van der Waals surface area contributed by atoms with E-state index in [0.717, 1.165) is 18.6 Å². The molecule has 0 aliphatic carbocycles. The summed E-state index contributed by atoms with van der Waals surface area (Å²) in [5, 5.41) is 0. The molecule has 0 N–H and O–H groups in total. The van der Waals surface area contributed by atoms with Gasteiger partial charge in [-0.1, -0.05) is 25.5 Å². The normalized spacial score (nSPS) is 11.4. The molecule has 0 amide bonds. The van der Waals surface area contributed by atoms with Gasteiger partial charge in [0.25, 0.3) is 9.05 Å². The Balaban J connectivity index is 2.18. The molecular weight excluding hydrogens is 308 g/mol. The fraction of sp³-hybridized carbons (Fsp3) is 0.250. The molecular formula is C16H17ClO3S. The van der Waals surface area contributed by atoms with Gasteiger partial charge in [-0.05, 0) is 54.8 Å². The van der Waals surface area contributed by atoms with Crippen LogP contribution in [0.4, 0.5) is 0 Å². The first-order valence-electron chi connectivity index (χ1n) is 6.72. The van der Waals surface area contributed by atoms with Gasteiger partial charge in [-0.3, -0.25) is 0 Å². The van der Waals surface area contributed by atoms with Gasteiger partial charge in [0.05, 0.1) is 4.90 Å². The van der Waals surface area contributed by atoms with Crippen molar-refractivity contribution < 1.29 is 13.2 Å². The molecule has 0 spiro atoms. The highest BCUT2D eigenvalue weighted by atomic mass is 35.7. The third kappa shape index (κ3) is 4.22. The maximum absolute atomic E-state index is 11.3. The molecule has 2 rings (SSSR count). The molecule has 112 valence electrons. The molecule has 0 saturated carbocycles. The van der Waals surface area contributed by atoms with Gasteiger partial charge in [0, 0.05) is 10.7 Å². The minimum absolute atomic E-state index is 0.106. The summed E-state index contributed by atoms with van der Waals surface area (Å²) in [6.07, 6.45) is 2.15. The number of hydrogen-bond acceptors (Lipinski definition) is 3. The molecule has 0 aromatic heterocycles. The fourth-order valence-electron chi connectivity index (χ4n) is 2.11. The smallest absolute Gasteiger partial charge is 0.261 e. The number of halogens is 1. The van der Waals surface area contributed by atoms with Crippen molar-refractivity contribution in [1.82, 2.24) is 0 Å². The number of rotatable bonds is 5. The lowest BCUT2D eigenvalue weighted by molar-refractivity contribution is 0.481. The van der Waals surface area contributed by atoms with Crippen LogP contribution in [0, 0.1) is 6.92 Å². The fourth-order valence-corrected chi connectivity index (χ4v) is 3.30. The van der Waals surface area contributed by atoms with Crippen molar-refractivity contribution in [3.8, 4) is 11.5 Å². The second-order valence-electron chi connectivity index (χ2n) is 4.86. The first-order valence-corrected chi connectivity index (χ1v) is 9.03. The van der Waals surface area contributed by atoms with Gasteiger partial charge >= 0.3 is 0 Å². The topological polar surface area (TPSA) is 43.4 Å². The van der Waals surface area contributed by atoms with Crippen LogP contribution in [0.1, 0.15) is 24.5 Å². The van der Waals surface area contributed by atoms with Gasteiger partial charge < -0.3 is 4.74 Å². The Morgan fingerprint density at radius 1 is 1.05 bits per heavy atom. The van der Waals surface area contributed by atoms with Crippen LogP contribution in [-0.4, -0.2) is 8.42 Å². The summed E-state index contributed by atoms with van der Waals surface area (Å²) in [7, 11) is 1.64. The van der Waals surface area contributed by atoms with Gasteiger partial charge in [0.1, 0.15) is 11.5 Å². The van der Waals surface area contributed by atoms with Crippen LogP contribution >= 0.6 is 10.7 Å². The van der Waals surface area contributed by atoms with Crippen LogP contribution in [-0.2, 0) is 15.5 Å². The van der Waals surface area contributed by atoms with E-state index in [1.165, 1.54) is 11.6 Å². The molecule has 0 unspecified atom stereocenters. The number of aryl methyl sites for hydroxylation is 2. The summed E-state index contributed by atoms with van der Waals surface area (Å²) in [4.78, 5) is 0.106. The van der Waals surface area contributed by atoms with Crippen LogP contribution in [0.3, 0.4) is 0 Å². The molecule has 3 nitrogen and oxygen atoms in total. The summed E-state index contributed by atoms with van der Waals surface area (Å²) in [6.45, 7) is 3.83. The van der Waals surface area contributed by atoms with Crippen molar-refractivity contribution in [2.75, 3.05) is 0 Å². The van der Waals surface area contributed by atoms with Crippen LogP contribution < -0.4 is 4.74 Å². The molecule has 0 aliphatic rings. The van der Waals surface area contributed by atoms with E-state index >= 15 is 0 Å². The van der Waals surface area contributed by atoms with Gasteiger partial charge in [-0.2, -0.15) is 0 Å². The predicted molar refractivity (Wildman–Crippen MR) is 84.7 cm³/mol. The van der Waals surface area contributed by atoms with Crippen molar-refractivity contribution in [3.05, 3.63) is 53.6 Å². The molecule has 0 radical (unpaired) electrons. The first-order chi connectivity index (χ1) is 9.90. The highest BCUT2D eigenvalue weighted by Crippen LogP contribution is 2.27. The minimum atomic E-state index is -3.72. The van der Waals surface area contributed by atoms with E-state index in [9.17, 15) is 8.42 Å². The lowest BCUT2D eigenvalue weighted by Gasteiger charge is -2.09. The van der Waals surface area contributed by atoms with Gasteiger partial charge in [0.15, 0.2) is 0 Å². The Morgan fingerprint density at radius 3 is 2.19 bits per heavy atom. The molecule has 0 heterocycles. The van der Waals surface area contributed by atoms with Crippen LogP contribution in [0.15, 0.2) is 47.4 Å². The van der Waals surface area contributed by atoms with Gasteiger partial charge in [-0.25, -0.2) is 8.42 Å². The summed E-state index contributed by atoms with van der Waals surface area (Å²) in [6, 6.07) is 12.6. The molecule has 0 fully saturated rings. The maximum Gasteiger partial charge on any atom is 0.261 e. The summed E-state index contributed by atoms with van der Waals surface area (Å²) in [5.74, 6) is 1.30. The lowest BCUT2D eigenvalue weighted by Crippen LogP contribution is -1.95. The Kier molecular flexibility index (Phi) is 4.91. The quantitative estimate of drug-likeness (QED) is 0.751. The van der Waals surface area contributed by atoms with E-state index in [1.54, 1.807) is 19.1 Å². The SMILES string of the molecule is CCCc1ccc(Oc2ccc(S(=O)(=O)Cl)c(C)c2)cc1. The molecule has 0 atom stereocenters. The van der Waals surface area contributed by atoms with E-state index in [2.05, 4.69) is 6.92 Å². The average Bonchev–Trinajstić information content (AvgIpc) is 2.40. The number of hydrogen-bond donors (Lipinski definition) is 0. The summed E-state index contributed by atoms with van der Waals surface area (Å²) >= 11 is 0. The lowest BCUT2D eigenvalue weighted by atomic mass is 10.1. The predicted octanol–water partition coefficient (Wildman–Crippen LogP) is 4.67. The molecule has 0 saturated heterocycles. The average molecular weight is 325 g/mol. The standard InChI is InChI=1S/C16H17ClO3S/c1-3-4-13-5-7-14(8-6-13)20-15-9-10-16(12(2)11-15)21(17,18)19/h5-11H,3-4H2,1-2H3. The third-order valence-electron chi connectivity index (χ3n) is 3.11. The monoisotopic (exact) mass is 324 g/mol. The third-order valence-corrected chi connectivity index (χ3v) is 4.59. The number of benzene rings is 2. The van der Waals surface area contributed by atoms with E-state index < -0.39 is 9.05 Å². The Morgan fingerprint density at radius 2 is 1.67 bits per heavy atom. The Hall–Kier alpha value is -1.52. The van der Waals surface area contributed by atoms with Gasteiger partial charge in [-0.15, -0.1) is 0 Å². The van der Waals surface area contributed by atoms with Crippen molar-refractivity contribution in [1.29, 1.82) is 0 Å². The Bertz CT molecular complexity index is 722. The van der Waals surface area contributed by atoms with Crippen molar-refractivity contribution in [3.63, 3.8) is 0 Å². The van der Waals surface area contributed by atoms with Crippen molar-refractivity contribution in [2.45, 2.75) is 31.6 Å². The molecule has 0 bridgehead atoms. The molecule has 2 aromatic rings. The molecule has 2 aromatic carbocycles. The molecule has 5 heteroatoms. The van der Waals surface area contributed by atoms with Crippen LogP contribution in [0.25, 0.3) is 0 Å². The maximum atomic E-state index is 11.3. The highest BCUT2D eigenvalue weighted by molar-refractivity contribution is 8.13. The van der Waals surface area contributed by atoms with Crippen LogP contribution in [0.5, 0.6) is 11.5 Å². The summed E-state index contributed by atoms with van der Waals surface area (Å²) < 4.78 is 28.4. The molecule has 0 aliphatic heterocycles. The highest BCUT2D eigenvalue weighted by Gasteiger charge is 2.13. The van der Waals surface area contributed by atoms with Crippen molar-refractivity contribution in [2.24, 2.45) is 0 Å². The van der Waals surface area contributed by atoms with E-state index in [1.807, 2.05) is 24.3 Å². The largest absolute Gasteiger partial charge is 0.457 e. The zero-order chi connectivity index (χ0) is 15.5. The Labute approximate surface area is 129 Å². The minimum Gasteiger partial charge on any atom is -0.457 e. The van der Waals surface area contributed by atoms with E-state index in [0.29, 0.717) is 11.3 Å². The first kappa shape index (κ1) is 15.9. The van der Waals surface area contributed by atoms with Crippen molar-refractivity contribution >= 4 is 19.7 Å². The van der Waals surface area contributed by atoms with Crippen LogP contribution in [0.2, 0.25) is 0 Å². The second-order valence-corrected chi connectivity index (χ2v) is 7.40. The number of ether oxygens (including phenoxy) is 1.